The fraction of sp³-hybridized carbons (Fsp3) is 0.235. The van der Waals surface area contributed by atoms with Crippen molar-refractivity contribution >= 4 is 40.4 Å². The highest BCUT2D eigenvalue weighted by atomic mass is 16.5. The Morgan fingerprint density at radius 1 is 1.24 bits per heavy atom. The lowest BCUT2D eigenvalue weighted by Crippen LogP contribution is -2.34. The van der Waals surface area contributed by atoms with E-state index < -0.39 is 18.1 Å². The average molecular weight is 604 g/mol. The molecule has 0 radical (unpaired) electrons. The van der Waals surface area contributed by atoms with Gasteiger partial charge in [-0.1, -0.05) is 48.8 Å². The van der Waals surface area contributed by atoms with E-state index in [1.54, 1.807) is 50.4 Å². The fourth-order valence-corrected chi connectivity index (χ4v) is 5.10. The van der Waals surface area contributed by atoms with Crippen LogP contribution in [0.2, 0.25) is 0 Å². The Morgan fingerprint density at radius 3 is 2.78 bits per heavy atom. The van der Waals surface area contributed by atoms with E-state index >= 15 is 0 Å². The third-order valence-electron chi connectivity index (χ3n) is 7.27. The van der Waals surface area contributed by atoms with E-state index in [0.717, 1.165) is 6.42 Å². The Kier molecular flexibility index (Phi) is 9.46. The van der Waals surface area contributed by atoms with Crippen LogP contribution in [0.15, 0.2) is 77.2 Å². The van der Waals surface area contributed by atoms with Crippen molar-refractivity contribution in [2.24, 2.45) is 4.99 Å². The summed E-state index contributed by atoms with van der Waals surface area (Å²) in [6.07, 6.45) is 5.61. The lowest BCUT2D eigenvalue weighted by atomic mass is 10.1. The first-order valence-electron chi connectivity index (χ1n) is 14.5. The molecule has 1 saturated heterocycles. The molecule has 1 aliphatic rings. The summed E-state index contributed by atoms with van der Waals surface area (Å²) in [5.41, 5.74) is 8.34. The van der Waals surface area contributed by atoms with Crippen molar-refractivity contribution in [1.29, 1.82) is 0 Å². The van der Waals surface area contributed by atoms with Gasteiger partial charge in [-0.25, -0.2) is 9.97 Å². The summed E-state index contributed by atoms with van der Waals surface area (Å²) in [6.45, 7) is 7.83. The smallest absolute Gasteiger partial charge is 0.267 e. The van der Waals surface area contributed by atoms with Crippen molar-refractivity contribution < 1.29 is 14.3 Å². The van der Waals surface area contributed by atoms with Crippen molar-refractivity contribution in [3.8, 4) is 17.5 Å². The third-order valence-corrected chi connectivity index (χ3v) is 7.27. The lowest BCUT2D eigenvalue weighted by Gasteiger charge is -2.21. The van der Waals surface area contributed by atoms with E-state index in [9.17, 15) is 14.4 Å². The molecule has 0 bridgehead atoms. The van der Waals surface area contributed by atoms with E-state index in [4.69, 9.17) is 15.5 Å². The number of nitrogens with zero attached hydrogens (tertiary/aromatic N) is 4. The van der Waals surface area contributed by atoms with Crippen LogP contribution in [0.3, 0.4) is 0 Å². The Bertz CT molecular complexity index is 1920. The molecule has 4 N–H and O–H groups in total. The zero-order valence-electron chi connectivity index (χ0n) is 25.0. The monoisotopic (exact) mass is 603 g/mol. The number of hydrogen-bond donors (Lipinski definition) is 3. The Labute approximate surface area is 260 Å². The second-order valence-electron chi connectivity index (χ2n) is 10.4. The number of aryl methyl sites for hydroxylation is 1. The molecule has 2 aromatic heterocycles. The van der Waals surface area contributed by atoms with Crippen LogP contribution in [0, 0.1) is 18.8 Å². The summed E-state index contributed by atoms with van der Waals surface area (Å²) in [4.78, 5) is 53.4. The summed E-state index contributed by atoms with van der Waals surface area (Å²) < 4.78 is 6.88. The lowest BCUT2D eigenvalue weighted by molar-refractivity contribution is -0.129. The number of nitrogen functional groups attached to an aromatic ring is 1. The van der Waals surface area contributed by atoms with Crippen molar-refractivity contribution in [2.75, 3.05) is 18.9 Å². The maximum Gasteiger partial charge on any atom is 0.267 e. The van der Waals surface area contributed by atoms with Crippen LogP contribution in [-0.2, 0) is 9.53 Å². The van der Waals surface area contributed by atoms with Crippen LogP contribution in [0.5, 0.6) is 0 Å². The molecule has 5 rings (SSSR count). The third kappa shape index (κ3) is 6.66. The number of aliphatic imine (C=N–C) groups is 1. The summed E-state index contributed by atoms with van der Waals surface area (Å²) in [5.74, 6) is 5.56. The van der Waals surface area contributed by atoms with Gasteiger partial charge in [-0.15, -0.1) is 0 Å². The molecule has 4 aromatic rings. The minimum absolute atomic E-state index is 0.0172. The summed E-state index contributed by atoms with van der Waals surface area (Å²) in [7, 11) is 0. The maximum atomic E-state index is 14.2. The van der Waals surface area contributed by atoms with Gasteiger partial charge in [-0.3, -0.25) is 23.9 Å². The molecule has 2 amide bonds. The number of pyridine rings is 1. The number of aromatic nitrogens is 3. The van der Waals surface area contributed by atoms with Crippen molar-refractivity contribution in [1.82, 2.24) is 25.2 Å². The number of carbonyl (C=O) groups excluding carboxylic acids is 2. The van der Waals surface area contributed by atoms with Gasteiger partial charge < -0.3 is 21.1 Å². The SMILES string of the molecule is C=CC=Nc1c(C)cnc(N)c1C(=O)N[C@H](C)c1nc2cccc(C#CCNC(=O)[C@H]3CCCO3)c2c(=O)n1-c1ccccc1. The minimum Gasteiger partial charge on any atom is -0.383 e. The highest BCUT2D eigenvalue weighted by Crippen LogP contribution is 2.28. The molecule has 0 aliphatic carbocycles. The molecule has 228 valence electrons. The summed E-state index contributed by atoms with van der Waals surface area (Å²) in [6, 6.07) is 13.5. The number of para-hydroxylation sites is 1. The van der Waals surface area contributed by atoms with Gasteiger partial charge in [0.25, 0.3) is 11.5 Å². The van der Waals surface area contributed by atoms with Crippen LogP contribution in [-0.4, -0.2) is 51.8 Å². The number of nitrogens with two attached hydrogens (primary N) is 1. The van der Waals surface area contributed by atoms with Crippen molar-refractivity contribution in [2.45, 2.75) is 38.8 Å². The highest BCUT2D eigenvalue weighted by molar-refractivity contribution is 6.04. The molecule has 2 aromatic carbocycles. The van der Waals surface area contributed by atoms with E-state index in [2.05, 4.69) is 39.0 Å². The van der Waals surface area contributed by atoms with E-state index in [-0.39, 0.29) is 29.4 Å². The Balaban J connectivity index is 1.53. The highest BCUT2D eigenvalue weighted by Gasteiger charge is 2.25. The Hall–Kier alpha value is -5.60. The van der Waals surface area contributed by atoms with Gasteiger partial charge >= 0.3 is 0 Å². The average Bonchev–Trinajstić information content (AvgIpc) is 3.59. The van der Waals surface area contributed by atoms with E-state index in [0.29, 0.717) is 52.3 Å². The first-order chi connectivity index (χ1) is 21.8. The zero-order chi connectivity index (χ0) is 31.9. The van der Waals surface area contributed by atoms with Crippen molar-refractivity contribution in [3.05, 3.63) is 100 Å². The molecule has 3 heterocycles. The zero-order valence-corrected chi connectivity index (χ0v) is 25.0. The quantitative estimate of drug-likeness (QED) is 0.205. The predicted octanol–water partition coefficient (Wildman–Crippen LogP) is 3.70. The fourth-order valence-electron chi connectivity index (χ4n) is 5.10. The number of allylic oxidation sites excluding steroid dienone is 1. The first-order valence-corrected chi connectivity index (χ1v) is 14.5. The molecule has 0 unspecified atom stereocenters. The van der Waals surface area contributed by atoms with Gasteiger partial charge in [-0.2, -0.15) is 0 Å². The number of anilines is 1. The van der Waals surface area contributed by atoms with Crippen LogP contribution in [0.4, 0.5) is 11.5 Å². The van der Waals surface area contributed by atoms with Gasteiger partial charge in [0.1, 0.15) is 23.3 Å². The number of ether oxygens (including phenoxy) is 1. The minimum atomic E-state index is -0.742. The number of benzene rings is 2. The van der Waals surface area contributed by atoms with E-state index in [1.165, 1.54) is 16.9 Å². The molecule has 11 nitrogen and oxygen atoms in total. The molecule has 0 saturated carbocycles. The summed E-state index contributed by atoms with van der Waals surface area (Å²) in [5, 5.41) is 6.01. The van der Waals surface area contributed by atoms with Gasteiger partial charge in [0.05, 0.1) is 34.9 Å². The van der Waals surface area contributed by atoms with Gasteiger partial charge in [0.15, 0.2) is 0 Å². The molecule has 1 fully saturated rings. The Morgan fingerprint density at radius 2 is 2.04 bits per heavy atom. The molecule has 1 aliphatic heterocycles. The number of hydrogen-bond acceptors (Lipinski definition) is 8. The molecular weight excluding hydrogens is 570 g/mol. The van der Waals surface area contributed by atoms with Gasteiger partial charge in [0, 0.05) is 24.6 Å². The number of rotatable bonds is 8. The largest absolute Gasteiger partial charge is 0.383 e. The number of amides is 2. The number of carbonyl (C=O) groups is 2. The summed E-state index contributed by atoms with van der Waals surface area (Å²) >= 11 is 0. The second kappa shape index (κ2) is 13.8. The maximum absolute atomic E-state index is 14.2. The molecule has 0 spiro atoms. The molecule has 45 heavy (non-hydrogen) atoms. The van der Waals surface area contributed by atoms with Crippen LogP contribution in [0.1, 0.15) is 53.1 Å². The standard InChI is InChI=1S/C34H33N7O4/c1-4-17-36-29-21(2)20-38-30(35)28(29)33(43)39-22(3)31-40-25-15-8-11-23(12-9-18-37-32(42)26-16-10-19-45-26)27(25)34(44)41(31)24-13-6-5-7-14-24/h4-8,11,13-15,17,20,22,26H,1,10,16,18-19H2,2-3H3,(H2,35,38)(H,37,42)(H,39,43)/t22-,26-/m1/s1. The van der Waals surface area contributed by atoms with E-state index in [1.807, 2.05) is 18.2 Å². The van der Waals surface area contributed by atoms with Crippen LogP contribution in [0.25, 0.3) is 16.6 Å². The van der Waals surface area contributed by atoms with Gasteiger partial charge in [-0.05, 0) is 56.5 Å². The van der Waals surface area contributed by atoms with Crippen molar-refractivity contribution in [3.63, 3.8) is 0 Å². The molecule has 2 atom stereocenters. The predicted molar refractivity (Wildman–Crippen MR) is 174 cm³/mol. The number of fused-ring (bicyclic) bond motifs is 1. The van der Waals surface area contributed by atoms with Gasteiger partial charge in [0.2, 0.25) is 5.91 Å². The normalized spacial score (nSPS) is 14.9. The van der Waals surface area contributed by atoms with Crippen LogP contribution >= 0.6 is 0 Å². The molecular formula is C34H33N7O4. The van der Waals surface area contributed by atoms with Crippen LogP contribution < -0.4 is 21.9 Å². The molecule has 11 heteroatoms. The first kappa shape index (κ1) is 30.8. The number of nitrogens with one attached hydrogen (secondary N) is 2. The second-order valence-corrected chi connectivity index (χ2v) is 10.4. The topological polar surface area (TPSA) is 154 Å².